The van der Waals surface area contributed by atoms with Gasteiger partial charge < -0.3 is 27.0 Å². The first-order valence-electron chi connectivity index (χ1n) is 25.1. The van der Waals surface area contributed by atoms with Crippen LogP contribution >= 0.6 is 0 Å². The van der Waals surface area contributed by atoms with E-state index in [-0.39, 0.29) is 77.9 Å². The SMILES string of the molecule is Cc1ccnc2ccc(-c3c(-c4ccc(F)cc4)nc(N)c4nc(C(=O)NC5CCC(F)(F)CC5)cn34)cc12.Cc1ccnc2ccc(-c3c(-c4ccc(F)cc4)nc(N)c4nc(C(=O)NCCC(C)N(C)C)cn34)cc12. The van der Waals surface area contributed by atoms with Gasteiger partial charge in [-0.3, -0.25) is 28.4 Å². The number of alkyl halides is 2. The third-order valence-corrected chi connectivity index (χ3v) is 14.2. The van der Waals surface area contributed by atoms with Crippen molar-refractivity contribution in [2.75, 3.05) is 32.1 Å². The van der Waals surface area contributed by atoms with Crippen LogP contribution in [0.1, 0.15) is 71.1 Å². The van der Waals surface area contributed by atoms with Crippen molar-refractivity contribution in [3.8, 4) is 45.0 Å². The predicted molar refractivity (Wildman–Crippen MR) is 291 cm³/mol. The molecule has 6 aromatic heterocycles. The molecule has 1 aliphatic carbocycles. The standard InChI is InChI=1S/C29H25F3N6O.C29H30FN7O/c1-16-10-13-34-22-7-4-18(14-21(16)22)25-24(17-2-5-19(30)6-3-17)37-26(33)27-36-23(15-38(25)27)28(39)35-20-8-11-29(31,32)12-9-20;1-17-11-13-32-23-10-7-20(15-22(17)23)26-25(19-5-8-21(30)9-6-19)35-27(31)28-34-24(16-37(26)28)29(38)33-14-12-18(2)36(3)4/h2-7,10,13-15,20H,8-9,11-12H2,1H3,(H2,33,37)(H,35,39);5-11,13,15-16,18H,12,14H2,1-4H3,(H2,31,35)(H,33,38). The molecular formula is C58H55F4N13O2. The minimum Gasteiger partial charge on any atom is -0.381 e. The minimum atomic E-state index is -2.69. The number of carbonyl (C=O) groups excluding carboxylic acids is 2. The second-order valence-corrected chi connectivity index (χ2v) is 19.7. The summed E-state index contributed by atoms with van der Waals surface area (Å²) in [4.78, 5) is 55.5. The zero-order valence-electron chi connectivity index (χ0n) is 43.0. The van der Waals surface area contributed by atoms with E-state index >= 15 is 0 Å². The monoisotopic (exact) mass is 1040 g/mol. The number of carbonyl (C=O) groups is 2. The summed E-state index contributed by atoms with van der Waals surface area (Å²) in [6.45, 7) is 6.65. The predicted octanol–water partition coefficient (Wildman–Crippen LogP) is 10.7. The molecule has 1 atom stereocenters. The second-order valence-electron chi connectivity index (χ2n) is 19.7. The highest BCUT2D eigenvalue weighted by atomic mass is 19.3. The normalized spacial score (nSPS) is 14.0. The number of nitrogens with one attached hydrogen (secondary N) is 2. The van der Waals surface area contributed by atoms with Crippen LogP contribution in [0, 0.1) is 25.5 Å². The lowest BCUT2D eigenvalue weighted by Crippen LogP contribution is -2.40. The van der Waals surface area contributed by atoms with Crippen molar-refractivity contribution >= 4 is 56.6 Å². The first-order valence-corrected chi connectivity index (χ1v) is 25.1. The molecule has 0 radical (unpaired) electrons. The molecule has 2 amide bonds. The number of aromatic nitrogens is 8. The molecule has 392 valence electrons. The Bertz CT molecular complexity index is 3870. The highest BCUT2D eigenvalue weighted by molar-refractivity contribution is 5.97. The van der Waals surface area contributed by atoms with Crippen LogP contribution in [0.5, 0.6) is 0 Å². The fraction of sp³-hybridized carbons (Fsp3) is 0.241. The van der Waals surface area contributed by atoms with Gasteiger partial charge in [0, 0.05) is 89.3 Å². The average molecular weight is 1040 g/mol. The zero-order valence-corrected chi connectivity index (χ0v) is 43.0. The number of imidazole rings is 2. The number of nitrogens with zero attached hydrogens (tertiary/aromatic N) is 9. The van der Waals surface area contributed by atoms with Crippen molar-refractivity contribution < 1.29 is 27.2 Å². The largest absolute Gasteiger partial charge is 0.381 e. The summed E-state index contributed by atoms with van der Waals surface area (Å²) in [7, 11) is 4.02. The smallest absolute Gasteiger partial charge is 0.271 e. The van der Waals surface area contributed by atoms with E-state index < -0.39 is 11.8 Å². The van der Waals surface area contributed by atoms with Gasteiger partial charge in [0.2, 0.25) is 5.92 Å². The molecule has 11 rings (SSSR count). The fourth-order valence-electron chi connectivity index (χ4n) is 9.58. The number of fused-ring (bicyclic) bond motifs is 4. The molecule has 1 aliphatic rings. The minimum absolute atomic E-state index is 0.0908. The Morgan fingerprint density at radius 3 is 1.56 bits per heavy atom. The Morgan fingerprint density at radius 1 is 0.662 bits per heavy atom. The number of anilines is 2. The number of nitrogens with two attached hydrogens (primary N) is 2. The summed E-state index contributed by atoms with van der Waals surface area (Å²) < 4.78 is 58.2. The Hall–Kier alpha value is -8.84. The van der Waals surface area contributed by atoms with Crippen LogP contribution in [0.3, 0.4) is 0 Å². The lowest BCUT2D eigenvalue weighted by molar-refractivity contribution is -0.0399. The van der Waals surface area contributed by atoms with E-state index in [2.05, 4.69) is 52.4 Å². The van der Waals surface area contributed by atoms with Crippen molar-refractivity contribution in [2.24, 2.45) is 0 Å². The van der Waals surface area contributed by atoms with E-state index in [1.165, 1.54) is 24.3 Å². The number of halogens is 4. The van der Waals surface area contributed by atoms with E-state index in [0.29, 0.717) is 52.1 Å². The van der Waals surface area contributed by atoms with Crippen LogP contribution < -0.4 is 22.1 Å². The molecular weight excluding hydrogens is 987 g/mol. The number of benzene rings is 4. The Labute approximate surface area is 440 Å². The molecule has 0 spiro atoms. The van der Waals surface area contributed by atoms with Gasteiger partial charge in [0.1, 0.15) is 23.0 Å². The van der Waals surface area contributed by atoms with Gasteiger partial charge >= 0.3 is 0 Å². The van der Waals surface area contributed by atoms with Gasteiger partial charge in [-0.25, -0.2) is 37.5 Å². The lowest BCUT2D eigenvalue weighted by Gasteiger charge is -2.28. The number of amides is 2. The molecule has 19 heteroatoms. The van der Waals surface area contributed by atoms with E-state index in [9.17, 15) is 27.2 Å². The van der Waals surface area contributed by atoms with Gasteiger partial charge in [-0.1, -0.05) is 12.1 Å². The molecule has 10 aromatic rings. The van der Waals surface area contributed by atoms with Crippen LogP contribution in [-0.4, -0.2) is 94.1 Å². The van der Waals surface area contributed by atoms with E-state index in [0.717, 1.165) is 50.5 Å². The number of aryl methyl sites for hydroxylation is 2. The lowest BCUT2D eigenvalue weighted by atomic mass is 9.92. The maximum Gasteiger partial charge on any atom is 0.271 e. The summed E-state index contributed by atoms with van der Waals surface area (Å²) in [6, 6.07) is 27.6. The van der Waals surface area contributed by atoms with Crippen molar-refractivity contribution in [1.29, 1.82) is 0 Å². The molecule has 0 saturated heterocycles. The van der Waals surface area contributed by atoms with E-state index in [4.69, 9.17) is 11.5 Å². The Morgan fingerprint density at radius 2 is 1.10 bits per heavy atom. The van der Waals surface area contributed by atoms with Crippen LogP contribution in [0.15, 0.2) is 122 Å². The molecule has 0 aliphatic heterocycles. The molecule has 6 heterocycles. The van der Waals surface area contributed by atoms with E-state index in [1.807, 2.05) is 76.5 Å². The molecule has 6 N–H and O–H groups in total. The number of hydrogen-bond acceptors (Lipinski definition) is 11. The van der Waals surface area contributed by atoms with Crippen molar-refractivity contribution in [3.63, 3.8) is 0 Å². The Balaban J connectivity index is 0.000000175. The highest BCUT2D eigenvalue weighted by Crippen LogP contribution is 2.38. The van der Waals surface area contributed by atoms with Crippen LogP contribution in [0.25, 0.3) is 78.1 Å². The van der Waals surface area contributed by atoms with E-state index in [1.54, 1.807) is 57.9 Å². The summed E-state index contributed by atoms with van der Waals surface area (Å²) in [5.74, 6) is -3.91. The summed E-state index contributed by atoms with van der Waals surface area (Å²) in [6.07, 6.45) is 7.45. The van der Waals surface area contributed by atoms with Crippen molar-refractivity contribution in [2.45, 2.75) is 70.9 Å². The third kappa shape index (κ3) is 10.7. The van der Waals surface area contributed by atoms with Gasteiger partial charge in [-0.15, -0.1) is 0 Å². The molecule has 1 saturated carbocycles. The second kappa shape index (κ2) is 21.1. The number of hydrogen-bond donors (Lipinski definition) is 4. The summed E-state index contributed by atoms with van der Waals surface area (Å²) in [5, 5.41) is 7.73. The van der Waals surface area contributed by atoms with Crippen molar-refractivity contribution in [1.82, 2.24) is 54.2 Å². The van der Waals surface area contributed by atoms with Gasteiger partial charge in [0.05, 0.1) is 33.8 Å². The molecule has 15 nitrogen and oxygen atoms in total. The van der Waals surface area contributed by atoms with Gasteiger partial charge in [0.15, 0.2) is 22.9 Å². The average Bonchev–Trinajstić information content (AvgIpc) is 4.17. The summed E-state index contributed by atoms with van der Waals surface area (Å²) in [5.41, 5.74) is 22.8. The molecule has 0 bridgehead atoms. The Kier molecular flexibility index (Phi) is 14.1. The van der Waals surface area contributed by atoms with Gasteiger partial charge in [-0.2, -0.15) is 0 Å². The number of pyridine rings is 2. The molecule has 1 fully saturated rings. The first-order chi connectivity index (χ1) is 36.9. The van der Waals surface area contributed by atoms with Gasteiger partial charge in [-0.05, 0) is 150 Å². The maximum atomic E-state index is 13.8. The molecule has 1 unspecified atom stereocenters. The fourth-order valence-corrected chi connectivity index (χ4v) is 9.58. The van der Waals surface area contributed by atoms with Crippen molar-refractivity contribution in [3.05, 3.63) is 156 Å². The van der Waals surface area contributed by atoms with Crippen LogP contribution in [0.4, 0.5) is 29.2 Å². The molecule has 77 heavy (non-hydrogen) atoms. The highest BCUT2D eigenvalue weighted by Gasteiger charge is 2.36. The topological polar surface area (TPSA) is 200 Å². The number of nitrogen functional groups attached to an aromatic ring is 2. The number of rotatable bonds is 11. The quantitative estimate of drug-likeness (QED) is 0.0899. The maximum absolute atomic E-state index is 13.8. The zero-order chi connectivity index (χ0) is 54.3. The first kappa shape index (κ1) is 51.6. The third-order valence-electron chi connectivity index (χ3n) is 14.2. The van der Waals surface area contributed by atoms with Crippen LogP contribution in [-0.2, 0) is 0 Å². The van der Waals surface area contributed by atoms with Crippen LogP contribution in [0.2, 0.25) is 0 Å². The molecule has 4 aromatic carbocycles. The van der Waals surface area contributed by atoms with Gasteiger partial charge in [0.25, 0.3) is 11.8 Å². The summed E-state index contributed by atoms with van der Waals surface area (Å²) >= 11 is 0.